The molecule has 0 aromatic heterocycles. The van der Waals surface area contributed by atoms with Crippen molar-refractivity contribution >= 4 is 23.4 Å². The Morgan fingerprint density at radius 2 is 1.58 bits per heavy atom. The fourth-order valence-electron chi connectivity index (χ4n) is 3.18. The van der Waals surface area contributed by atoms with E-state index in [4.69, 9.17) is 4.74 Å². The van der Waals surface area contributed by atoms with Crippen LogP contribution in [0.25, 0.3) is 11.8 Å². The molecule has 0 N–H and O–H groups in total. The third-order valence-corrected chi connectivity index (χ3v) is 4.42. The molecule has 1 atom stereocenters. The van der Waals surface area contributed by atoms with E-state index < -0.39 is 11.6 Å². The van der Waals surface area contributed by atoms with Crippen LogP contribution in [-0.2, 0) is 9.53 Å². The fourth-order valence-corrected chi connectivity index (χ4v) is 3.18. The molecule has 0 bridgehead atoms. The second-order valence-corrected chi connectivity index (χ2v) is 5.98. The summed E-state index contributed by atoms with van der Waals surface area (Å²) >= 11 is 0. The Bertz CT molecular complexity index is 875. The van der Waals surface area contributed by atoms with Crippen molar-refractivity contribution in [2.45, 2.75) is 18.9 Å². The third-order valence-electron chi connectivity index (χ3n) is 4.42. The van der Waals surface area contributed by atoms with Gasteiger partial charge < -0.3 is 4.74 Å². The van der Waals surface area contributed by atoms with Gasteiger partial charge in [-0.25, -0.2) is 0 Å². The number of allylic oxidation sites excluding steroid dienone is 1. The number of hydrogen-bond donors (Lipinski definition) is 0. The average molecular weight is 316 g/mol. The van der Waals surface area contributed by atoms with Crippen molar-refractivity contribution in [3.8, 4) is 0 Å². The summed E-state index contributed by atoms with van der Waals surface area (Å²) in [6.07, 6.45) is 5.21. The molecule has 0 spiro atoms. The number of ether oxygens (including phenoxy) is 1. The Hall–Kier alpha value is -2.94. The molecule has 0 fully saturated rings. The molecule has 118 valence electrons. The minimum Gasteiger partial charge on any atom is -0.485 e. The highest BCUT2D eigenvalue weighted by molar-refractivity contribution is 6.52. The van der Waals surface area contributed by atoms with Crippen molar-refractivity contribution in [1.82, 2.24) is 0 Å². The van der Waals surface area contributed by atoms with Crippen LogP contribution >= 0.6 is 0 Å². The van der Waals surface area contributed by atoms with Crippen LogP contribution in [0.2, 0.25) is 0 Å². The molecule has 0 saturated carbocycles. The van der Waals surface area contributed by atoms with Gasteiger partial charge in [0.05, 0.1) is 0 Å². The Balaban J connectivity index is 1.65. The van der Waals surface area contributed by atoms with E-state index in [0.29, 0.717) is 29.7 Å². The van der Waals surface area contributed by atoms with Crippen LogP contribution in [0.3, 0.4) is 0 Å². The number of benzene rings is 2. The highest BCUT2D eigenvalue weighted by Crippen LogP contribution is 2.37. The van der Waals surface area contributed by atoms with Gasteiger partial charge in [-0.15, -0.1) is 0 Å². The number of hydrogen-bond acceptors (Lipinski definition) is 3. The quantitative estimate of drug-likeness (QED) is 0.785. The molecule has 2 aromatic carbocycles. The first-order valence-corrected chi connectivity index (χ1v) is 8.05. The molecule has 1 aliphatic carbocycles. The molecular weight excluding hydrogens is 300 g/mol. The topological polar surface area (TPSA) is 43.4 Å². The number of fused-ring (bicyclic) bond motifs is 2. The van der Waals surface area contributed by atoms with Crippen molar-refractivity contribution in [2.75, 3.05) is 0 Å². The van der Waals surface area contributed by atoms with Crippen molar-refractivity contribution in [3.05, 3.63) is 82.9 Å². The van der Waals surface area contributed by atoms with Crippen molar-refractivity contribution in [1.29, 1.82) is 0 Å². The highest BCUT2D eigenvalue weighted by atomic mass is 16.5. The van der Waals surface area contributed by atoms with Crippen LogP contribution < -0.4 is 0 Å². The maximum absolute atomic E-state index is 12.3. The van der Waals surface area contributed by atoms with Gasteiger partial charge in [-0.05, 0) is 24.5 Å². The summed E-state index contributed by atoms with van der Waals surface area (Å²) in [4.78, 5) is 24.5. The van der Waals surface area contributed by atoms with E-state index in [0.717, 1.165) is 11.1 Å². The van der Waals surface area contributed by atoms with E-state index in [-0.39, 0.29) is 6.10 Å². The number of ketones is 2. The second-order valence-electron chi connectivity index (χ2n) is 5.98. The lowest BCUT2D eigenvalue weighted by Crippen LogP contribution is -2.29. The van der Waals surface area contributed by atoms with Gasteiger partial charge in [-0.2, -0.15) is 0 Å². The molecule has 1 aliphatic heterocycles. The van der Waals surface area contributed by atoms with Gasteiger partial charge in [0, 0.05) is 16.7 Å². The average Bonchev–Trinajstić information content (AvgIpc) is 2.65. The lowest BCUT2D eigenvalue weighted by Gasteiger charge is -2.29. The molecule has 1 heterocycles. The van der Waals surface area contributed by atoms with Crippen molar-refractivity contribution in [2.24, 2.45) is 0 Å². The monoisotopic (exact) mass is 316 g/mol. The molecule has 4 rings (SSSR count). The number of carbonyl (C=O) groups is 2. The molecule has 0 radical (unpaired) electrons. The molecular formula is C21H16O3. The lowest BCUT2D eigenvalue weighted by molar-refractivity contribution is -0.112. The van der Waals surface area contributed by atoms with Crippen LogP contribution in [0.1, 0.15) is 34.3 Å². The van der Waals surface area contributed by atoms with Gasteiger partial charge in [0.1, 0.15) is 11.9 Å². The van der Waals surface area contributed by atoms with E-state index in [1.807, 2.05) is 54.6 Å². The Kier molecular flexibility index (Phi) is 3.62. The van der Waals surface area contributed by atoms with E-state index in [2.05, 4.69) is 0 Å². The van der Waals surface area contributed by atoms with Gasteiger partial charge in [0.2, 0.25) is 11.6 Å². The van der Waals surface area contributed by atoms with Crippen molar-refractivity contribution < 1.29 is 14.3 Å². The summed E-state index contributed by atoms with van der Waals surface area (Å²) in [5.74, 6) is -0.274. The molecule has 3 heteroatoms. The zero-order valence-corrected chi connectivity index (χ0v) is 13.1. The van der Waals surface area contributed by atoms with Gasteiger partial charge in [0.15, 0.2) is 0 Å². The molecule has 2 aliphatic rings. The van der Waals surface area contributed by atoms with Crippen LogP contribution in [0, 0.1) is 0 Å². The highest BCUT2D eigenvalue weighted by Gasteiger charge is 2.36. The number of carbonyl (C=O) groups excluding carboxylic acids is 2. The minimum atomic E-state index is -0.425. The third kappa shape index (κ3) is 2.48. The van der Waals surface area contributed by atoms with Crippen LogP contribution in [0.15, 0.2) is 66.2 Å². The second kappa shape index (κ2) is 5.93. The predicted octanol–water partition coefficient (Wildman–Crippen LogP) is 4.06. The van der Waals surface area contributed by atoms with Crippen LogP contribution in [0.5, 0.6) is 0 Å². The summed E-state index contributed by atoms with van der Waals surface area (Å²) in [5, 5.41) is 0. The first kappa shape index (κ1) is 14.6. The largest absolute Gasteiger partial charge is 0.485 e. The summed E-state index contributed by atoms with van der Waals surface area (Å²) < 4.78 is 6.08. The van der Waals surface area contributed by atoms with Gasteiger partial charge in [-0.1, -0.05) is 60.7 Å². The zero-order valence-electron chi connectivity index (χ0n) is 13.1. The maximum Gasteiger partial charge on any atom is 0.234 e. The summed E-state index contributed by atoms with van der Waals surface area (Å²) in [6, 6.07) is 17.2. The Morgan fingerprint density at radius 1 is 0.875 bits per heavy atom. The van der Waals surface area contributed by atoms with E-state index >= 15 is 0 Å². The summed E-state index contributed by atoms with van der Waals surface area (Å²) in [7, 11) is 0. The van der Waals surface area contributed by atoms with Gasteiger partial charge in [0.25, 0.3) is 0 Å². The molecule has 0 amide bonds. The zero-order chi connectivity index (χ0) is 16.5. The normalized spacial score (nSPS) is 19.9. The Morgan fingerprint density at radius 3 is 2.38 bits per heavy atom. The lowest BCUT2D eigenvalue weighted by atomic mass is 9.84. The smallest absolute Gasteiger partial charge is 0.234 e. The van der Waals surface area contributed by atoms with E-state index in [9.17, 15) is 9.59 Å². The summed E-state index contributed by atoms with van der Waals surface area (Å²) in [5.41, 5.74) is 2.79. The van der Waals surface area contributed by atoms with E-state index in [1.165, 1.54) is 0 Å². The molecule has 1 unspecified atom stereocenters. The fraction of sp³-hybridized carbons (Fsp3) is 0.143. The number of Topliss-reactive ketones (excluding diaryl/α,β-unsaturated/α-hetero) is 2. The van der Waals surface area contributed by atoms with E-state index in [1.54, 1.807) is 12.1 Å². The molecule has 0 saturated heterocycles. The van der Waals surface area contributed by atoms with Crippen molar-refractivity contribution in [3.63, 3.8) is 0 Å². The predicted molar refractivity (Wildman–Crippen MR) is 92.3 cm³/mol. The van der Waals surface area contributed by atoms with Gasteiger partial charge >= 0.3 is 0 Å². The van der Waals surface area contributed by atoms with Gasteiger partial charge in [-0.3, -0.25) is 9.59 Å². The maximum atomic E-state index is 12.3. The molecule has 24 heavy (non-hydrogen) atoms. The number of rotatable bonds is 2. The summed E-state index contributed by atoms with van der Waals surface area (Å²) in [6.45, 7) is 0. The first-order valence-electron chi connectivity index (χ1n) is 8.05. The first-order chi connectivity index (χ1) is 11.7. The minimum absolute atomic E-state index is 0.0991. The molecule has 3 nitrogen and oxygen atoms in total. The van der Waals surface area contributed by atoms with Crippen LogP contribution in [0.4, 0.5) is 0 Å². The standard InChI is InChI=1S/C21H16O3/c22-19-16-8-4-5-9-17(16)21-18(20(19)23)13-12-15(24-21)11-10-14-6-2-1-3-7-14/h1-11,15H,12-13H2/b11-10+. The molecule has 2 aromatic rings. The van der Waals surface area contributed by atoms with Crippen LogP contribution in [-0.4, -0.2) is 17.7 Å². The Labute approximate surface area is 140 Å². The SMILES string of the molecule is O=C1C(=O)c2ccccc2C2=C1CCC(/C=C/c1ccccc1)O2.